The van der Waals surface area contributed by atoms with Crippen molar-refractivity contribution in [3.05, 3.63) is 28.5 Å². The van der Waals surface area contributed by atoms with Crippen molar-refractivity contribution in [2.24, 2.45) is 0 Å². The maximum absolute atomic E-state index is 12.5. The number of carbonyl (C=O) groups is 2. The lowest BCUT2D eigenvalue weighted by Crippen LogP contribution is -2.56. The molecule has 114 valence electrons. The number of morpholine rings is 1. The Kier molecular flexibility index (Phi) is 5.30. The van der Waals surface area contributed by atoms with E-state index < -0.39 is 6.04 Å². The van der Waals surface area contributed by atoms with Crippen LogP contribution in [0.4, 0.5) is 0 Å². The normalized spacial score (nSPS) is 18.7. The fourth-order valence-corrected chi connectivity index (χ4v) is 2.33. The number of pyridine rings is 1. The van der Waals surface area contributed by atoms with Gasteiger partial charge in [-0.15, -0.1) is 0 Å². The first-order valence-corrected chi connectivity index (χ1v) is 7.59. The minimum absolute atomic E-state index is 0.0159. The van der Waals surface area contributed by atoms with Gasteiger partial charge in [-0.25, -0.2) is 4.98 Å². The van der Waals surface area contributed by atoms with E-state index in [1.807, 2.05) is 13.8 Å². The molecule has 2 rings (SSSR count). The Morgan fingerprint density at radius 2 is 2.24 bits per heavy atom. The van der Waals surface area contributed by atoms with Crippen LogP contribution in [0.5, 0.6) is 0 Å². The van der Waals surface area contributed by atoms with E-state index in [2.05, 4.69) is 26.2 Å². The molecule has 2 amide bonds. The van der Waals surface area contributed by atoms with Crippen molar-refractivity contribution in [1.29, 1.82) is 0 Å². The Bertz CT molecular complexity index is 519. The number of hydrogen-bond acceptors (Lipinski definition) is 4. The summed E-state index contributed by atoms with van der Waals surface area (Å²) in [5, 5.41) is 2.82. The van der Waals surface area contributed by atoms with Crippen LogP contribution >= 0.6 is 15.9 Å². The van der Waals surface area contributed by atoms with Crippen molar-refractivity contribution in [3.8, 4) is 0 Å². The minimum atomic E-state index is -0.612. The molecule has 1 aliphatic heterocycles. The van der Waals surface area contributed by atoms with Crippen LogP contribution in [0.15, 0.2) is 22.8 Å². The second-order valence-corrected chi connectivity index (χ2v) is 6.03. The SMILES string of the molecule is CC(C)NC(=O)C1COCCN1C(=O)c1ccc(Br)cn1. The largest absolute Gasteiger partial charge is 0.377 e. The van der Waals surface area contributed by atoms with E-state index in [0.29, 0.717) is 18.8 Å². The topological polar surface area (TPSA) is 71.5 Å². The summed E-state index contributed by atoms with van der Waals surface area (Å²) in [6.07, 6.45) is 1.57. The van der Waals surface area contributed by atoms with Crippen molar-refractivity contribution >= 4 is 27.7 Å². The number of nitrogens with one attached hydrogen (secondary N) is 1. The zero-order valence-corrected chi connectivity index (χ0v) is 13.6. The predicted octanol–water partition coefficient (Wildman–Crippen LogP) is 1.21. The summed E-state index contributed by atoms with van der Waals surface area (Å²) in [5.41, 5.74) is 0.322. The number of carbonyl (C=O) groups excluding carboxylic acids is 2. The molecule has 0 bridgehead atoms. The first kappa shape index (κ1) is 15.9. The van der Waals surface area contributed by atoms with Crippen molar-refractivity contribution in [1.82, 2.24) is 15.2 Å². The Morgan fingerprint density at radius 3 is 2.86 bits per heavy atom. The number of rotatable bonds is 3. The zero-order chi connectivity index (χ0) is 15.4. The molecule has 1 atom stereocenters. The molecule has 1 aliphatic rings. The molecule has 1 unspecified atom stereocenters. The molecule has 2 heterocycles. The van der Waals surface area contributed by atoms with E-state index >= 15 is 0 Å². The first-order valence-electron chi connectivity index (χ1n) is 6.79. The molecule has 0 radical (unpaired) electrons. The lowest BCUT2D eigenvalue weighted by atomic mass is 10.1. The quantitative estimate of drug-likeness (QED) is 0.884. The Morgan fingerprint density at radius 1 is 1.48 bits per heavy atom. The van der Waals surface area contributed by atoms with Gasteiger partial charge < -0.3 is 15.0 Å². The third kappa shape index (κ3) is 4.01. The lowest BCUT2D eigenvalue weighted by Gasteiger charge is -2.34. The molecular weight excluding hydrogens is 338 g/mol. The standard InChI is InChI=1S/C14H18BrN3O3/c1-9(2)17-13(19)12-8-21-6-5-18(12)14(20)11-4-3-10(15)7-16-11/h3-4,7,9,12H,5-6,8H2,1-2H3,(H,17,19). The molecule has 0 spiro atoms. The van der Waals surface area contributed by atoms with Crippen molar-refractivity contribution in [2.75, 3.05) is 19.8 Å². The monoisotopic (exact) mass is 355 g/mol. The summed E-state index contributed by atoms with van der Waals surface area (Å²) < 4.78 is 6.14. The third-order valence-electron chi connectivity index (χ3n) is 3.07. The van der Waals surface area contributed by atoms with Gasteiger partial charge in [0.15, 0.2) is 0 Å². The molecule has 0 saturated carbocycles. The van der Waals surface area contributed by atoms with Gasteiger partial charge in [0.1, 0.15) is 11.7 Å². The number of hydrogen-bond donors (Lipinski definition) is 1. The van der Waals surface area contributed by atoms with Crippen LogP contribution in [0.2, 0.25) is 0 Å². The summed E-state index contributed by atoms with van der Waals surface area (Å²) in [6, 6.07) is 2.80. The molecule has 7 heteroatoms. The highest BCUT2D eigenvalue weighted by Gasteiger charge is 2.34. The van der Waals surface area contributed by atoms with Crippen molar-refractivity contribution in [3.63, 3.8) is 0 Å². The van der Waals surface area contributed by atoms with Crippen molar-refractivity contribution in [2.45, 2.75) is 25.9 Å². The molecule has 0 aliphatic carbocycles. The Balaban J connectivity index is 2.16. The Hall–Kier alpha value is -1.47. The Labute approximate surface area is 132 Å². The number of halogens is 1. The predicted molar refractivity (Wildman–Crippen MR) is 80.9 cm³/mol. The zero-order valence-electron chi connectivity index (χ0n) is 12.0. The second kappa shape index (κ2) is 7.00. The second-order valence-electron chi connectivity index (χ2n) is 5.11. The summed E-state index contributed by atoms with van der Waals surface area (Å²) in [6.45, 7) is 4.77. The highest BCUT2D eigenvalue weighted by molar-refractivity contribution is 9.10. The van der Waals surface area contributed by atoms with E-state index in [4.69, 9.17) is 4.74 Å². The summed E-state index contributed by atoms with van der Waals surface area (Å²) in [7, 11) is 0. The van der Waals surface area contributed by atoms with E-state index in [1.165, 1.54) is 4.90 Å². The highest BCUT2D eigenvalue weighted by Crippen LogP contribution is 2.14. The third-order valence-corrected chi connectivity index (χ3v) is 3.54. The summed E-state index contributed by atoms with van der Waals surface area (Å²) >= 11 is 3.28. The summed E-state index contributed by atoms with van der Waals surface area (Å²) in [5.74, 6) is -0.454. The van der Waals surface area contributed by atoms with Gasteiger partial charge in [0, 0.05) is 23.3 Å². The van der Waals surface area contributed by atoms with Gasteiger partial charge in [-0.2, -0.15) is 0 Å². The number of aromatic nitrogens is 1. The van der Waals surface area contributed by atoms with Gasteiger partial charge in [-0.05, 0) is 41.9 Å². The molecular formula is C14H18BrN3O3. The number of ether oxygens (including phenoxy) is 1. The molecule has 1 N–H and O–H groups in total. The van der Waals surface area contributed by atoms with Gasteiger partial charge in [0.2, 0.25) is 5.91 Å². The minimum Gasteiger partial charge on any atom is -0.377 e. The fraction of sp³-hybridized carbons (Fsp3) is 0.500. The van der Waals surface area contributed by atoms with E-state index in [1.54, 1.807) is 18.3 Å². The molecule has 1 aromatic rings. The van der Waals surface area contributed by atoms with Crippen LogP contribution in [-0.4, -0.2) is 53.5 Å². The maximum atomic E-state index is 12.5. The van der Waals surface area contributed by atoms with Crippen LogP contribution in [0, 0.1) is 0 Å². The molecule has 1 aromatic heterocycles. The van der Waals surface area contributed by atoms with Crippen LogP contribution in [0.1, 0.15) is 24.3 Å². The van der Waals surface area contributed by atoms with Crippen LogP contribution in [-0.2, 0) is 9.53 Å². The van der Waals surface area contributed by atoms with Crippen LogP contribution < -0.4 is 5.32 Å². The molecule has 21 heavy (non-hydrogen) atoms. The van der Waals surface area contributed by atoms with Gasteiger partial charge in [-0.1, -0.05) is 0 Å². The van der Waals surface area contributed by atoms with Crippen LogP contribution in [0.25, 0.3) is 0 Å². The average Bonchev–Trinajstić information content (AvgIpc) is 2.46. The van der Waals surface area contributed by atoms with Gasteiger partial charge in [0.05, 0.1) is 13.2 Å². The van der Waals surface area contributed by atoms with E-state index in [-0.39, 0.29) is 24.5 Å². The average molecular weight is 356 g/mol. The first-order chi connectivity index (χ1) is 9.99. The number of amides is 2. The van der Waals surface area contributed by atoms with Gasteiger partial charge in [0.25, 0.3) is 5.91 Å². The van der Waals surface area contributed by atoms with E-state index in [9.17, 15) is 9.59 Å². The van der Waals surface area contributed by atoms with Crippen molar-refractivity contribution < 1.29 is 14.3 Å². The lowest BCUT2D eigenvalue weighted by molar-refractivity contribution is -0.131. The highest BCUT2D eigenvalue weighted by atomic mass is 79.9. The maximum Gasteiger partial charge on any atom is 0.273 e. The van der Waals surface area contributed by atoms with Gasteiger partial charge in [-0.3, -0.25) is 9.59 Å². The summed E-state index contributed by atoms with van der Waals surface area (Å²) in [4.78, 5) is 30.3. The number of nitrogens with zero attached hydrogens (tertiary/aromatic N) is 2. The van der Waals surface area contributed by atoms with Gasteiger partial charge >= 0.3 is 0 Å². The molecule has 1 saturated heterocycles. The molecule has 6 nitrogen and oxygen atoms in total. The fourth-order valence-electron chi connectivity index (χ4n) is 2.09. The van der Waals surface area contributed by atoms with E-state index in [0.717, 1.165) is 4.47 Å². The van der Waals surface area contributed by atoms with Crippen LogP contribution in [0.3, 0.4) is 0 Å². The smallest absolute Gasteiger partial charge is 0.273 e. The molecule has 0 aromatic carbocycles. The molecule has 1 fully saturated rings.